The van der Waals surface area contributed by atoms with E-state index in [0.29, 0.717) is 40.7 Å². The van der Waals surface area contributed by atoms with E-state index >= 15 is 0 Å². The normalized spacial score (nSPS) is 17.0. The molecule has 1 aliphatic heterocycles. The highest BCUT2D eigenvalue weighted by Crippen LogP contribution is 2.44. The monoisotopic (exact) mass is 459 g/mol. The van der Waals surface area contributed by atoms with Gasteiger partial charge in [-0.15, -0.1) is 0 Å². The first kappa shape index (κ1) is 22.9. The van der Waals surface area contributed by atoms with Gasteiger partial charge in [0.15, 0.2) is 11.5 Å². The maximum atomic E-state index is 13.3. The van der Waals surface area contributed by atoms with E-state index in [4.69, 9.17) is 14.2 Å². The van der Waals surface area contributed by atoms with Crippen LogP contribution in [0.4, 0.5) is 5.69 Å². The van der Waals surface area contributed by atoms with Crippen molar-refractivity contribution >= 4 is 23.1 Å². The summed E-state index contributed by atoms with van der Waals surface area (Å²) in [5.41, 5.74) is 1.48. The number of ether oxygens (including phenoxy) is 3. The second-order valence-corrected chi connectivity index (χ2v) is 7.58. The zero-order chi connectivity index (χ0) is 24.2. The third-order valence-electron chi connectivity index (χ3n) is 5.62. The van der Waals surface area contributed by atoms with Crippen molar-refractivity contribution in [1.82, 2.24) is 0 Å². The summed E-state index contributed by atoms with van der Waals surface area (Å²) in [4.78, 5) is 28.0. The van der Waals surface area contributed by atoms with Crippen LogP contribution in [0.25, 0.3) is 5.76 Å². The molecule has 0 aromatic heterocycles. The Kier molecular flexibility index (Phi) is 6.54. The van der Waals surface area contributed by atoms with Crippen LogP contribution >= 0.6 is 0 Å². The lowest BCUT2D eigenvalue weighted by Crippen LogP contribution is -2.29. The minimum Gasteiger partial charge on any atom is -0.507 e. The van der Waals surface area contributed by atoms with E-state index in [1.165, 1.54) is 19.1 Å². The summed E-state index contributed by atoms with van der Waals surface area (Å²) in [7, 11) is 3.03. The van der Waals surface area contributed by atoms with E-state index in [1.807, 2.05) is 6.92 Å². The van der Waals surface area contributed by atoms with Gasteiger partial charge in [-0.05, 0) is 36.8 Å². The fraction of sp³-hybridized carbons (Fsp3) is 0.185. The maximum absolute atomic E-state index is 13.3. The molecule has 7 heteroatoms. The minimum absolute atomic E-state index is 0.00904. The molecule has 0 bridgehead atoms. The van der Waals surface area contributed by atoms with Crippen LogP contribution < -0.4 is 19.1 Å². The third-order valence-corrected chi connectivity index (χ3v) is 5.62. The first-order chi connectivity index (χ1) is 16.5. The molecule has 1 heterocycles. The fourth-order valence-corrected chi connectivity index (χ4v) is 4.08. The molecule has 1 N–H and O–H groups in total. The number of amides is 1. The van der Waals surface area contributed by atoms with Gasteiger partial charge in [0.2, 0.25) is 0 Å². The lowest BCUT2D eigenvalue weighted by molar-refractivity contribution is -0.132. The van der Waals surface area contributed by atoms with Crippen molar-refractivity contribution in [3.63, 3.8) is 0 Å². The predicted octanol–water partition coefficient (Wildman–Crippen LogP) is 4.73. The molecule has 0 aliphatic carbocycles. The number of nitrogens with zero attached hydrogens (tertiary/aromatic N) is 1. The van der Waals surface area contributed by atoms with Gasteiger partial charge in [0.05, 0.1) is 32.4 Å². The largest absolute Gasteiger partial charge is 0.507 e. The molecule has 1 atom stereocenters. The molecule has 174 valence electrons. The molecule has 1 saturated heterocycles. The Morgan fingerprint density at radius 1 is 0.912 bits per heavy atom. The summed E-state index contributed by atoms with van der Waals surface area (Å²) in [5.74, 6) is -0.259. The van der Waals surface area contributed by atoms with Gasteiger partial charge in [-0.1, -0.05) is 42.5 Å². The molecule has 0 saturated carbocycles. The van der Waals surface area contributed by atoms with Crippen LogP contribution in [0, 0.1) is 0 Å². The first-order valence-electron chi connectivity index (χ1n) is 10.8. The predicted molar refractivity (Wildman–Crippen MR) is 128 cm³/mol. The molecule has 1 fully saturated rings. The van der Waals surface area contributed by atoms with E-state index in [-0.39, 0.29) is 11.3 Å². The second kappa shape index (κ2) is 9.70. The number of hydrogen-bond acceptors (Lipinski definition) is 6. The zero-order valence-corrected chi connectivity index (χ0v) is 19.1. The molecule has 7 nitrogen and oxygen atoms in total. The molecule has 34 heavy (non-hydrogen) atoms. The molecule has 3 aromatic carbocycles. The van der Waals surface area contributed by atoms with Gasteiger partial charge in [-0.25, -0.2) is 0 Å². The van der Waals surface area contributed by atoms with E-state index in [2.05, 4.69) is 0 Å². The SMILES string of the molecule is CCOc1cccc(N2C(=O)C(=O)/C(=C(\O)c3ccccc3)C2c2ccc(OC)c(OC)c2)c1. The number of carbonyl (C=O) groups excluding carboxylic acids is 2. The van der Waals surface area contributed by atoms with Crippen molar-refractivity contribution < 1.29 is 28.9 Å². The topological polar surface area (TPSA) is 85.3 Å². The van der Waals surface area contributed by atoms with Gasteiger partial charge in [0.1, 0.15) is 11.5 Å². The highest BCUT2D eigenvalue weighted by molar-refractivity contribution is 6.51. The van der Waals surface area contributed by atoms with Crippen LogP contribution in [0.5, 0.6) is 17.2 Å². The van der Waals surface area contributed by atoms with E-state index in [9.17, 15) is 14.7 Å². The Balaban J connectivity index is 1.95. The highest BCUT2D eigenvalue weighted by Gasteiger charge is 2.47. The number of benzene rings is 3. The number of anilines is 1. The summed E-state index contributed by atoms with van der Waals surface area (Å²) >= 11 is 0. The summed E-state index contributed by atoms with van der Waals surface area (Å²) in [6.07, 6.45) is 0. The smallest absolute Gasteiger partial charge is 0.300 e. The molecule has 3 aromatic rings. The Hall–Kier alpha value is -4.26. The van der Waals surface area contributed by atoms with Crippen LogP contribution in [-0.2, 0) is 9.59 Å². The molecular weight excluding hydrogens is 434 g/mol. The van der Waals surface area contributed by atoms with Crippen LogP contribution in [-0.4, -0.2) is 37.6 Å². The summed E-state index contributed by atoms with van der Waals surface area (Å²) in [5, 5.41) is 11.2. The Morgan fingerprint density at radius 3 is 2.32 bits per heavy atom. The number of rotatable bonds is 7. The summed E-state index contributed by atoms with van der Waals surface area (Å²) in [6, 6.07) is 19.9. The van der Waals surface area contributed by atoms with E-state index in [0.717, 1.165) is 0 Å². The second-order valence-electron chi connectivity index (χ2n) is 7.58. The first-order valence-corrected chi connectivity index (χ1v) is 10.8. The molecule has 0 radical (unpaired) electrons. The highest BCUT2D eigenvalue weighted by atomic mass is 16.5. The molecule has 1 unspecified atom stereocenters. The standard InChI is InChI=1S/C27H25NO6/c1-4-34-20-12-8-11-19(16-20)28-24(18-13-14-21(32-2)22(15-18)33-3)23(26(30)27(28)31)25(29)17-9-6-5-7-10-17/h5-16,24,29H,4H2,1-3H3/b25-23-. The van der Waals surface area contributed by atoms with Crippen molar-refractivity contribution in [3.8, 4) is 17.2 Å². The molecule has 0 spiro atoms. The van der Waals surface area contributed by atoms with Gasteiger partial charge in [0.25, 0.3) is 11.7 Å². The third kappa shape index (κ3) is 4.08. The molecule has 4 rings (SSSR count). The van der Waals surface area contributed by atoms with Gasteiger partial charge in [-0.2, -0.15) is 0 Å². The maximum Gasteiger partial charge on any atom is 0.300 e. The number of aliphatic hydroxyl groups excluding tert-OH is 1. The van der Waals surface area contributed by atoms with Gasteiger partial charge in [-0.3, -0.25) is 14.5 Å². The number of ketones is 1. The van der Waals surface area contributed by atoms with Crippen molar-refractivity contribution in [2.45, 2.75) is 13.0 Å². The van der Waals surface area contributed by atoms with E-state index < -0.39 is 17.7 Å². The van der Waals surface area contributed by atoms with Gasteiger partial charge < -0.3 is 19.3 Å². The fourth-order valence-electron chi connectivity index (χ4n) is 4.08. The van der Waals surface area contributed by atoms with Crippen molar-refractivity contribution in [3.05, 3.63) is 89.5 Å². The average molecular weight is 459 g/mol. The van der Waals surface area contributed by atoms with Crippen LogP contribution in [0.3, 0.4) is 0 Å². The van der Waals surface area contributed by atoms with Crippen LogP contribution in [0.2, 0.25) is 0 Å². The summed E-state index contributed by atoms with van der Waals surface area (Å²) < 4.78 is 16.4. The van der Waals surface area contributed by atoms with Crippen LogP contribution in [0.1, 0.15) is 24.1 Å². The number of methoxy groups -OCH3 is 2. The average Bonchev–Trinajstić information content (AvgIpc) is 3.14. The van der Waals surface area contributed by atoms with Crippen molar-refractivity contribution in [1.29, 1.82) is 0 Å². The quantitative estimate of drug-likeness (QED) is 0.312. The number of aliphatic hydroxyl groups is 1. The van der Waals surface area contributed by atoms with Crippen molar-refractivity contribution in [2.24, 2.45) is 0 Å². The Labute approximate surface area is 197 Å². The van der Waals surface area contributed by atoms with Gasteiger partial charge in [0, 0.05) is 17.3 Å². The van der Waals surface area contributed by atoms with E-state index in [1.54, 1.807) is 72.8 Å². The minimum atomic E-state index is -0.892. The van der Waals surface area contributed by atoms with Gasteiger partial charge >= 0.3 is 0 Å². The number of Topliss-reactive ketones (excluding diaryl/α,β-unsaturated/α-hetero) is 1. The molecule has 1 amide bonds. The Bertz CT molecular complexity index is 1250. The van der Waals surface area contributed by atoms with Crippen LogP contribution in [0.15, 0.2) is 78.4 Å². The number of hydrogen-bond donors (Lipinski definition) is 1. The zero-order valence-electron chi connectivity index (χ0n) is 19.1. The summed E-state index contributed by atoms with van der Waals surface area (Å²) in [6.45, 7) is 2.32. The molecular formula is C27H25NO6. The Morgan fingerprint density at radius 2 is 1.65 bits per heavy atom. The van der Waals surface area contributed by atoms with Crippen molar-refractivity contribution in [2.75, 3.05) is 25.7 Å². The number of carbonyl (C=O) groups is 2. The lowest BCUT2D eigenvalue weighted by Gasteiger charge is -2.26. The molecule has 1 aliphatic rings. The lowest BCUT2D eigenvalue weighted by atomic mass is 9.94.